The fourth-order valence-corrected chi connectivity index (χ4v) is 4.38. The summed E-state index contributed by atoms with van der Waals surface area (Å²) in [5.41, 5.74) is 1.35. The van der Waals surface area contributed by atoms with Crippen molar-refractivity contribution >= 4 is 0 Å². The van der Waals surface area contributed by atoms with Gasteiger partial charge < -0.3 is 10.4 Å². The van der Waals surface area contributed by atoms with E-state index in [1.165, 1.54) is 44.9 Å². The van der Waals surface area contributed by atoms with E-state index in [1.807, 2.05) is 18.2 Å². The fourth-order valence-electron chi connectivity index (χ4n) is 4.38. The molecule has 2 fully saturated rings. The first kappa shape index (κ1) is 13.9. The second kappa shape index (κ2) is 5.77. The summed E-state index contributed by atoms with van der Waals surface area (Å²) in [6, 6.07) is 7.71. The minimum absolute atomic E-state index is 0.321. The summed E-state index contributed by atoms with van der Waals surface area (Å²) in [5.74, 6) is 2.17. The standard InChI is InChI=1S/C18H27NO/c1-14-8-9-15-5-4-10-18(11-14,12-15)19-13-16-6-2-3-7-17(16)20/h2-3,6-7,14-15,19-20H,4-5,8-13H2,1H3. The van der Waals surface area contributed by atoms with Gasteiger partial charge in [0.2, 0.25) is 0 Å². The van der Waals surface area contributed by atoms with Crippen molar-refractivity contribution in [3.8, 4) is 5.75 Å². The molecule has 2 N–H and O–H groups in total. The van der Waals surface area contributed by atoms with Crippen molar-refractivity contribution in [1.82, 2.24) is 5.32 Å². The van der Waals surface area contributed by atoms with Crippen LogP contribution in [0.5, 0.6) is 5.75 Å². The molecule has 0 saturated heterocycles. The van der Waals surface area contributed by atoms with E-state index < -0.39 is 0 Å². The smallest absolute Gasteiger partial charge is 0.120 e. The molecule has 2 heteroatoms. The van der Waals surface area contributed by atoms with Crippen LogP contribution in [0.15, 0.2) is 24.3 Å². The van der Waals surface area contributed by atoms with E-state index >= 15 is 0 Å². The van der Waals surface area contributed by atoms with Gasteiger partial charge in [0, 0.05) is 17.6 Å². The number of aromatic hydroxyl groups is 1. The van der Waals surface area contributed by atoms with Gasteiger partial charge in [-0.1, -0.05) is 50.8 Å². The van der Waals surface area contributed by atoms with Crippen LogP contribution in [0.25, 0.3) is 0 Å². The van der Waals surface area contributed by atoms with Gasteiger partial charge in [0.1, 0.15) is 5.75 Å². The molecule has 2 bridgehead atoms. The van der Waals surface area contributed by atoms with E-state index in [-0.39, 0.29) is 0 Å². The molecule has 2 aliphatic carbocycles. The molecule has 110 valence electrons. The molecule has 0 aliphatic heterocycles. The topological polar surface area (TPSA) is 32.3 Å². The molecular weight excluding hydrogens is 246 g/mol. The van der Waals surface area contributed by atoms with Crippen LogP contribution >= 0.6 is 0 Å². The molecule has 2 saturated carbocycles. The zero-order valence-corrected chi connectivity index (χ0v) is 12.6. The van der Waals surface area contributed by atoms with Gasteiger partial charge in [0.25, 0.3) is 0 Å². The Morgan fingerprint density at radius 2 is 2.05 bits per heavy atom. The highest BCUT2D eigenvalue weighted by Gasteiger charge is 2.39. The molecule has 2 aliphatic rings. The van der Waals surface area contributed by atoms with Crippen LogP contribution in [0.3, 0.4) is 0 Å². The molecule has 0 radical (unpaired) electrons. The van der Waals surface area contributed by atoms with Gasteiger partial charge in [0.05, 0.1) is 0 Å². The number of fused-ring (bicyclic) bond motifs is 2. The van der Waals surface area contributed by atoms with E-state index in [2.05, 4.69) is 12.2 Å². The Bertz CT molecular complexity index is 454. The van der Waals surface area contributed by atoms with Gasteiger partial charge in [-0.2, -0.15) is 0 Å². The van der Waals surface area contributed by atoms with Crippen molar-refractivity contribution in [3.63, 3.8) is 0 Å². The zero-order chi connectivity index (χ0) is 14.0. The van der Waals surface area contributed by atoms with E-state index in [4.69, 9.17) is 0 Å². The average molecular weight is 273 g/mol. The number of phenolic OH excluding ortho intramolecular Hbond substituents is 1. The third-order valence-electron chi connectivity index (χ3n) is 5.40. The molecule has 0 aromatic heterocycles. The summed E-state index contributed by atoms with van der Waals surface area (Å²) in [6.07, 6.45) is 9.55. The predicted molar refractivity (Wildman–Crippen MR) is 82.7 cm³/mol. The zero-order valence-electron chi connectivity index (χ0n) is 12.6. The molecule has 3 atom stereocenters. The second-order valence-corrected chi connectivity index (χ2v) is 7.11. The highest BCUT2D eigenvalue weighted by atomic mass is 16.3. The molecular formula is C18H27NO. The molecule has 0 amide bonds. The Kier molecular flexibility index (Phi) is 4.02. The van der Waals surface area contributed by atoms with Crippen molar-refractivity contribution in [1.29, 1.82) is 0 Å². The number of rotatable bonds is 3. The van der Waals surface area contributed by atoms with Crippen molar-refractivity contribution in [3.05, 3.63) is 29.8 Å². The summed E-state index contributed by atoms with van der Waals surface area (Å²) in [7, 11) is 0. The summed E-state index contributed by atoms with van der Waals surface area (Å²) >= 11 is 0. The third-order valence-corrected chi connectivity index (χ3v) is 5.40. The van der Waals surface area contributed by atoms with Crippen LogP contribution in [-0.4, -0.2) is 10.6 Å². The number of para-hydroxylation sites is 1. The van der Waals surface area contributed by atoms with Crippen molar-refractivity contribution in [2.45, 2.75) is 64.0 Å². The summed E-state index contributed by atoms with van der Waals surface area (Å²) < 4.78 is 0. The molecule has 2 nitrogen and oxygen atoms in total. The van der Waals surface area contributed by atoms with Crippen molar-refractivity contribution in [2.24, 2.45) is 11.8 Å². The number of benzene rings is 1. The Morgan fingerprint density at radius 3 is 2.90 bits per heavy atom. The highest BCUT2D eigenvalue weighted by Crippen LogP contribution is 2.43. The van der Waals surface area contributed by atoms with Crippen LogP contribution in [0.4, 0.5) is 0 Å². The lowest BCUT2D eigenvalue weighted by Gasteiger charge is -2.41. The lowest BCUT2D eigenvalue weighted by molar-refractivity contribution is 0.169. The first-order valence-electron chi connectivity index (χ1n) is 8.19. The van der Waals surface area contributed by atoms with Crippen molar-refractivity contribution < 1.29 is 5.11 Å². The Balaban J connectivity index is 1.72. The van der Waals surface area contributed by atoms with Crippen molar-refractivity contribution in [2.75, 3.05) is 0 Å². The Labute approximate surface area is 122 Å². The molecule has 20 heavy (non-hydrogen) atoms. The fraction of sp³-hybridized carbons (Fsp3) is 0.667. The lowest BCUT2D eigenvalue weighted by atomic mass is 9.74. The largest absolute Gasteiger partial charge is 0.508 e. The molecule has 3 rings (SSSR count). The van der Waals surface area contributed by atoms with Gasteiger partial charge in [0.15, 0.2) is 0 Å². The SMILES string of the molecule is CC1CCC2CCCC(NCc3ccccc3O)(C1)C2. The number of phenols is 1. The van der Waals surface area contributed by atoms with E-state index in [0.29, 0.717) is 11.3 Å². The maximum absolute atomic E-state index is 9.93. The van der Waals surface area contributed by atoms with E-state index in [1.54, 1.807) is 6.07 Å². The molecule has 0 spiro atoms. The predicted octanol–water partition coefficient (Wildman–Crippen LogP) is 4.23. The van der Waals surface area contributed by atoms with Crippen LogP contribution < -0.4 is 5.32 Å². The van der Waals surface area contributed by atoms with Crippen LogP contribution in [0, 0.1) is 11.8 Å². The Hall–Kier alpha value is -1.02. The Morgan fingerprint density at radius 1 is 1.20 bits per heavy atom. The molecule has 3 unspecified atom stereocenters. The second-order valence-electron chi connectivity index (χ2n) is 7.11. The van der Waals surface area contributed by atoms with E-state index in [9.17, 15) is 5.11 Å². The third kappa shape index (κ3) is 3.01. The van der Waals surface area contributed by atoms with Crippen LogP contribution in [-0.2, 0) is 6.54 Å². The van der Waals surface area contributed by atoms with Gasteiger partial charge in [-0.25, -0.2) is 0 Å². The van der Waals surface area contributed by atoms with Gasteiger partial charge >= 0.3 is 0 Å². The highest BCUT2D eigenvalue weighted by molar-refractivity contribution is 5.31. The summed E-state index contributed by atoms with van der Waals surface area (Å²) in [6.45, 7) is 3.20. The average Bonchev–Trinajstić information content (AvgIpc) is 2.55. The first-order chi connectivity index (χ1) is 9.67. The van der Waals surface area contributed by atoms with Gasteiger partial charge in [-0.3, -0.25) is 0 Å². The minimum Gasteiger partial charge on any atom is -0.508 e. The summed E-state index contributed by atoms with van der Waals surface area (Å²) in [4.78, 5) is 0. The molecule has 0 heterocycles. The molecule has 1 aromatic rings. The maximum Gasteiger partial charge on any atom is 0.120 e. The van der Waals surface area contributed by atoms with Crippen LogP contribution in [0.2, 0.25) is 0 Å². The number of hydrogen-bond donors (Lipinski definition) is 2. The monoisotopic (exact) mass is 273 g/mol. The number of hydrogen-bond acceptors (Lipinski definition) is 2. The lowest BCUT2D eigenvalue weighted by Crippen LogP contribution is -2.48. The van der Waals surface area contributed by atoms with E-state index in [0.717, 1.165) is 23.9 Å². The first-order valence-corrected chi connectivity index (χ1v) is 8.19. The van der Waals surface area contributed by atoms with Gasteiger partial charge in [-0.15, -0.1) is 0 Å². The normalized spacial score (nSPS) is 33.6. The van der Waals surface area contributed by atoms with Crippen LogP contribution in [0.1, 0.15) is 57.4 Å². The quantitative estimate of drug-likeness (QED) is 0.863. The summed E-state index contributed by atoms with van der Waals surface area (Å²) in [5, 5.41) is 13.8. The maximum atomic E-state index is 9.93. The van der Waals surface area contributed by atoms with Gasteiger partial charge in [-0.05, 0) is 37.2 Å². The minimum atomic E-state index is 0.321. The number of nitrogens with one attached hydrogen (secondary N) is 1. The molecule has 1 aromatic carbocycles.